The summed E-state index contributed by atoms with van der Waals surface area (Å²) in [5, 5.41) is 8.13. The van der Waals surface area contributed by atoms with Crippen molar-refractivity contribution in [1.82, 2.24) is 0 Å². The number of carbonyl (C=O) groups excluding carboxylic acids is 2. The third kappa shape index (κ3) is 2.37. The molecule has 2 aliphatic heterocycles. The van der Waals surface area contributed by atoms with Crippen molar-refractivity contribution in [1.29, 1.82) is 0 Å². The Balaban J connectivity index is 2.04. The number of amides is 1. The Morgan fingerprint density at radius 2 is 1.88 bits per heavy atom. The molecule has 0 saturated heterocycles. The molecule has 0 radical (unpaired) electrons. The van der Waals surface area contributed by atoms with Crippen LogP contribution in [0.5, 0.6) is 0 Å². The van der Waals surface area contributed by atoms with E-state index in [0.717, 1.165) is 0 Å². The predicted octanol–water partition coefficient (Wildman–Crippen LogP) is 3.98. The van der Waals surface area contributed by atoms with E-state index >= 15 is 0 Å². The van der Waals surface area contributed by atoms with Crippen LogP contribution in [0.4, 0.5) is 5.69 Å². The lowest BCUT2D eigenvalue weighted by Crippen LogP contribution is -2.49. The Morgan fingerprint density at radius 1 is 1.12 bits per heavy atom. The quantitative estimate of drug-likeness (QED) is 0.753. The fourth-order valence-corrected chi connectivity index (χ4v) is 3.10. The van der Waals surface area contributed by atoms with E-state index in [1.54, 1.807) is 42.5 Å². The van der Waals surface area contributed by atoms with Crippen molar-refractivity contribution < 1.29 is 19.2 Å². The minimum atomic E-state index is -1.06. The zero-order valence-corrected chi connectivity index (χ0v) is 14.3. The third-order valence-corrected chi connectivity index (χ3v) is 4.26. The Morgan fingerprint density at radius 3 is 2.62 bits per heavy atom. The van der Waals surface area contributed by atoms with E-state index in [9.17, 15) is 9.59 Å². The van der Waals surface area contributed by atoms with Crippen LogP contribution in [-0.2, 0) is 14.4 Å². The molecular weight excluding hydrogens is 356 g/mol. The fourth-order valence-electron chi connectivity index (χ4n) is 2.88. The Hall–Kier alpha value is -3.16. The van der Waals surface area contributed by atoms with Gasteiger partial charge in [0, 0.05) is 12.5 Å². The molecule has 2 aliphatic rings. The van der Waals surface area contributed by atoms with Gasteiger partial charge in [0.2, 0.25) is 5.70 Å². The molecule has 0 aromatic heterocycles. The standard InChI is InChI=1S/C18H12ClN4O3/c1-11(24)26-23-15(10-20-22-23)13-8-5-9-14(19)17(13)21-16(18(23)25)12-6-3-2-4-7-12/h2-10H,1H3/q+1. The SMILES string of the molecule is CC(=O)O[N+]12N=NC=C1c1cccc(Cl)c1N=C(c1ccccc1)C2=O. The van der Waals surface area contributed by atoms with Crippen molar-refractivity contribution in [3.63, 3.8) is 0 Å². The Bertz CT molecular complexity index is 1030. The van der Waals surface area contributed by atoms with Crippen LogP contribution < -0.4 is 0 Å². The van der Waals surface area contributed by atoms with Crippen molar-refractivity contribution in [2.24, 2.45) is 15.3 Å². The van der Waals surface area contributed by atoms with Gasteiger partial charge in [-0.05, 0) is 12.1 Å². The second-order valence-corrected chi connectivity index (χ2v) is 6.05. The molecule has 26 heavy (non-hydrogen) atoms. The minimum absolute atomic E-state index is 0.0745. The number of para-hydroxylation sites is 1. The number of nitrogens with zero attached hydrogens (tertiary/aromatic N) is 4. The Labute approximate surface area is 153 Å². The second kappa shape index (κ2) is 5.98. The van der Waals surface area contributed by atoms with Crippen LogP contribution in [-0.4, -0.2) is 22.3 Å². The monoisotopic (exact) mass is 367 g/mol. The molecule has 1 amide bonds. The van der Waals surface area contributed by atoms with Gasteiger partial charge in [0.15, 0.2) is 5.71 Å². The molecule has 0 spiro atoms. The first-order valence-corrected chi connectivity index (χ1v) is 8.11. The van der Waals surface area contributed by atoms with Gasteiger partial charge in [0.05, 0.1) is 21.5 Å². The summed E-state index contributed by atoms with van der Waals surface area (Å²) >= 11 is 6.34. The molecule has 2 heterocycles. The lowest BCUT2D eigenvalue weighted by atomic mass is 10.1. The fraction of sp³-hybridized carbons (Fsp3) is 0.0556. The zero-order valence-electron chi connectivity index (χ0n) is 13.6. The van der Waals surface area contributed by atoms with Crippen LogP contribution in [0, 0.1) is 0 Å². The van der Waals surface area contributed by atoms with Crippen molar-refractivity contribution in [2.75, 3.05) is 0 Å². The molecule has 0 saturated carbocycles. The molecule has 0 fully saturated rings. The van der Waals surface area contributed by atoms with E-state index < -0.39 is 16.6 Å². The number of benzene rings is 2. The van der Waals surface area contributed by atoms with E-state index in [4.69, 9.17) is 16.4 Å². The maximum Gasteiger partial charge on any atom is 0.440 e. The van der Waals surface area contributed by atoms with Gasteiger partial charge in [-0.1, -0.05) is 53.1 Å². The normalized spacial score (nSPS) is 20.6. The largest absolute Gasteiger partial charge is 0.440 e. The summed E-state index contributed by atoms with van der Waals surface area (Å²) < 4.78 is -1.06. The van der Waals surface area contributed by atoms with Crippen molar-refractivity contribution in [3.05, 3.63) is 70.9 Å². The van der Waals surface area contributed by atoms with Crippen LogP contribution in [0.1, 0.15) is 18.1 Å². The highest BCUT2D eigenvalue weighted by Gasteiger charge is 2.56. The summed E-state index contributed by atoms with van der Waals surface area (Å²) in [6.45, 7) is 1.20. The van der Waals surface area contributed by atoms with E-state index in [0.29, 0.717) is 21.8 Å². The maximum absolute atomic E-state index is 13.4. The van der Waals surface area contributed by atoms with Crippen LogP contribution >= 0.6 is 11.6 Å². The summed E-state index contributed by atoms with van der Waals surface area (Å²) in [6, 6.07) is 14.0. The number of hydrogen-bond donors (Lipinski definition) is 0. The number of fused-ring (bicyclic) bond motifs is 3. The number of hydrogen-bond acceptors (Lipinski definition) is 6. The minimum Gasteiger partial charge on any atom is -0.246 e. The summed E-state index contributed by atoms with van der Waals surface area (Å²) in [5.41, 5.74) is 1.81. The van der Waals surface area contributed by atoms with Crippen molar-refractivity contribution in [2.45, 2.75) is 6.92 Å². The average molecular weight is 368 g/mol. The molecule has 1 atom stereocenters. The van der Waals surface area contributed by atoms with Gasteiger partial charge in [-0.3, -0.25) is 0 Å². The summed E-state index contributed by atoms with van der Waals surface area (Å²) in [7, 11) is 0. The first-order valence-electron chi connectivity index (χ1n) is 7.73. The molecule has 1 unspecified atom stereocenters. The highest BCUT2D eigenvalue weighted by atomic mass is 35.5. The van der Waals surface area contributed by atoms with Crippen molar-refractivity contribution >= 4 is 40.6 Å². The zero-order chi connectivity index (χ0) is 18.3. The summed E-state index contributed by atoms with van der Waals surface area (Å²) in [5.74, 6) is -1.31. The molecule has 128 valence electrons. The van der Waals surface area contributed by atoms with Gasteiger partial charge in [0.25, 0.3) is 0 Å². The van der Waals surface area contributed by atoms with Crippen molar-refractivity contribution in [3.8, 4) is 0 Å². The molecule has 4 rings (SSSR count). The van der Waals surface area contributed by atoms with Gasteiger partial charge >= 0.3 is 11.9 Å². The van der Waals surface area contributed by atoms with Gasteiger partial charge in [-0.15, -0.1) is 0 Å². The molecule has 7 nitrogen and oxygen atoms in total. The first kappa shape index (κ1) is 16.3. The highest BCUT2D eigenvalue weighted by Crippen LogP contribution is 2.44. The van der Waals surface area contributed by atoms with Gasteiger partial charge in [0.1, 0.15) is 11.0 Å². The van der Waals surface area contributed by atoms with Crippen LogP contribution in [0.3, 0.4) is 0 Å². The first-order chi connectivity index (χ1) is 12.5. The smallest absolute Gasteiger partial charge is 0.246 e. The van der Waals surface area contributed by atoms with Gasteiger partial charge in [-0.2, -0.15) is 0 Å². The van der Waals surface area contributed by atoms with E-state index in [1.807, 2.05) is 6.07 Å². The van der Waals surface area contributed by atoms with E-state index in [2.05, 4.69) is 15.3 Å². The number of halogens is 1. The molecule has 2 aromatic rings. The number of hydroxylamine groups is 2. The van der Waals surface area contributed by atoms with Crippen LogP contribution in [0.2, 0.25) is 5.02 Å². The summed E-state index contributed by atoms with van der Waals surface area (Å²) in [6.07, 6.45) is 1.37. The second-order valence-electron chi connectivity index (χ2n) is 5.65. The molecule has 0 bridgehead atoms. The lowest BCUT2D eigenvalue weighted by Gasteiger charge is -2.21. The number of quaternary nitrogens is 1. The predicted molar refractivity (Wildman–Crippen MR) is 94.0 cm³/mol. The lowest BCUT2D eigenvalue weighted by molar-refractivity contribution is -0.972. The number of carbonyl (C=O) groups is 2. The molecule has 0 aliphatic carbocycles. The van der Waals surface area contributed by atoms with Gasteiger partial charge in [-0.25, -0.2) is 19.4 Å². The van der Waals surface area contributed by atoms with Gasteiger partial charge < -0.3 is 0 Å². The maximum atomic E-state index is 13.4. The molecule has 2 aromatic carbocycles. The highest BCUT2D eigenvalue weighted by molar-refractivity contribution is 6.45. The number of rotatable bonds is 2. The molecular formula is C18H12ClN4O3+. The van der Waals surface area contributed by atoms with Crippen LogP contribution in [0.15, 0.2) is 70.1 Å². The van der Waals surface area contributed by atoms with Crippen LogP contribution in [0.25, 0.3) is 5.70 Å². The molecule has 0 N–H and O–H groups in total. The van der Waals surface area contributed by atoms with E-state index in [-0.39, 0.29) is 11.4 Å². The molecule has 8 heteroatoms. The average Bonchev–Trinajstić information content (AvgIpc) is 3.00. The summed E-state index contributed by atoms with van der Waals surface area (Å²) in [4.78, 5) is 35.0. The number of aliphatic imine (C=N–C) groups is 1. The van der Waals surface area contributed by atoms with E-state index in [1.165, 1.54) is 13.1 Å². The Kier molecular flexibility index (Phi) is 3.75. The third-order valence-electron chi connectivity index (χ3n) is 3.96. The topological polar surface area (TPSA) is 80.4 Å².